The van der Waals surface area contributed by atoms with Crippen molar-refractivity contribution in [2.75, 3.05) is 5.01 Å². The Labute approximate surface area is 171 Å². The van der Waals surface area contributed by atoms with Crippen LogP contribution in [0.25, 0.3) is 0 Å². The molecule has 1 aromatic carbocycles. The summed E-state index contributed by atoms with van der Waals surface area (Å²) in [6, 6.07) is 5.15. The standard InChI is InChI=1S/C18H18Cl2N4O2S/c1-3-5-14(25)23-10-21-16-18(23)27-17(22-24(16)15(26)6-4-2)11-7-8-12(19)13(20)9-11/h7-10H,3-6H2,1-2H3. The van der Waals surface area contributed by atoms with Crippen LogP contribution in [0.3, 0.4) is 0 Å². The maximum Gasteiger partial charge on any atom is 0.248 e. The molecule has 27 heavy (non-hydrogen) atoms. The molecule has 1 aliphatic rings. The number of halogens is 2. The average molecular weight is 425 g/mol. The van der Waals surface area contributed by atoms with E-state index >= 15 is 0 Å². The minimum Gasteiger partial charge on any atom is -0.274 e. The van der Waals surface area contributed by atoms with E-state index in [0.29, 0.717) is 50.8 Å². The molecule has 1 aliphatic heterocycles. The minimum atomic E-state index is -0.176. The number of hydrogen-bond acceptors (Lipinski definition) is 5. The molecule has 0 bridgehead atoms. The van der Waals surface area contributed by atoms with Gasteiger partial charge in [-0.05, 0) is 36.7 Å². The van der Waals surface area contributed by atoms with Crippen LogP contribution in [0, 0.1) is 0 Å². The van der Waals surface area contributed by atoms with Gasteiger partial charge in [0.15, 0.2) is 5.82 Å². The van der Waals surface area contributed by atoms with E-state index in [9.17, 15) is 9.59 Å². The molecular formula is C18H18Cl2N4O2S. The monoisotopic (exact) mass is 424 g/mol. The van der Waals surface area contributed by atoms with Crippen LogP contribution in [-0.2, 0) is 4.79 Å². The van der Waals surface area contributed by atoms with Crippen molar-refractivity contribution in [3.05, 3.63) is 40.1 Å². The fourth-order valence-electron chi connectivity index (χ4n) is 2.57. The summed E-state index contributed by atoms with van der Waals surface area (Å²) in [6.07, 6.45) is 3.59. The Morgan fingerprint density at radius 2 is 1.78 bits per heavy atom. The largest absolute Gasteiger partial charge is 0.274 e. The Bertz CT molecular complexity index is 926. The van der Waals surface area contributed by atoms with E-state index < -0.39 is 0 Å². The van der Waals surface area contributed by atoms with E-state index in [1.54, 1.807) is 18.2 Å². The van der Waals surface area contributed by atoms with Crippen LogP contribution in [-0.4, -0.2) is 26.4 Å². The van der Waals surface area contributed by atoms with Crippen LogP contribution in [0.15, 0.2) is 34.7 Å². The number of anilines is 1. The first kappa shape index (κ1) is 19.9. The lowest BCUT2D eigenvalue weighted by atomic mass is 10.2. The van der Waals surface area contributed by atoms with Crippen LogP contribution < -0.4 is 5.01 Å². The van der Waals surface area contributed by atoms with Crippen molar-refractivity contribution in [3.63, 3.8) is 0 Å². The number of carbonyl (C=O) groups excluding carboxylic acids is 2. The molecule has 0 radical (unpaired) electrons. The van der Waals surface area contributed by atoms with E-state index in [4.69, 9.17) is 23.2 Å². The Hall–Kier alpha value is -1.83. The highest BCUT2D eigenvalue weighted by Gasteiger charge is 2.31. The molecule has 0 N–H and O–H groups in total. The third-order valence-electron chi connectivity index (χ3n) is 3.89. The van der Waals surface area contributed by atoms with Crippen molar-refractivity contribution in [2.24, 2.45) is 5.10 Å². The maximum absolute atomic E-state index is 12.6. The molecule has 142 valence electrons. The number of rotatable bonds is 5. The molecule has 6 nitrogen and oxygen atoms in total. The van der Waals surface area contributed by atoms with Gasteiger partial charge < -0.3 is 0 Å². The van der Waals surface area contributed by atoms with Gasteiger partial charge in [0, 0.05) is 18.4 Å². The Morgan fingerprint density at radius 1 is 1.07 bits per heavy atom. The number of imidazole rings is 1. The van der Waals surface area contributed by atoms with Crippen LogP contribution in [0.4, 0.5) is 5.82 Å². The second kappa shape index (κ2) is 8.46. The summed E-state index contributed by atoms with van der Waals surface area (Å²) in [4.78, 5) is 29.3. The van der Waals surface area contributed by atoms with Gasteiger partial charge in [-0.25, -0.2) is 4.98 Å². The molecule has 0 unspecified atom stereocenters. The van der Waals surface area contributed by atoms with E-state index in [0.717, 1.165) is 6.42 Å². The predicted molar refractivity (Wildman–Crippen MR) is 109 cm³/mol. The van der Waals surface area contributed by atoms with Gasteiger partial charge >= 0.3 is 0 Å². The first-order valence-electron chi connectivity index (χ1n) is 8.61. The van der Waals surface area contributed by atoms with E-state index in [1.165, 1.54) is 27.7 Å². The molecule has 1 amide bonds. The molecule has 9 heteroatoms. The zero-order chi connectivity index (χ0) is 19.6. The SMILES string of the molecule is CCCC(=O)N1N=C(c2ccc(Cl)c(Cl)c2)Sc2c1ncn2C(=O)CCC. The van der Waals surface area contributed by atoms with E-state index in [-0.39, 0.29) is 11.8 Å². The highest BCUT2D eigenvalue weighted by atomic mass is 35.5. The van der Waals surface area contributed by atoms with E-state index in [2.05, 4.69) is 10.1 Å². The average Bonchev–Trinajstić information content (AvgIpc) is 3.07. The summed E-state index contributed by atoms with van der Waals surface area (Å²) < 4.78 is 1.49. The zero-order valence-corrected chi connectivity index (χ0v) is 17.2. The van der Waals surface area contributed by atoms with Gasteiger partial charge in [-0.15, -0.1) is 0 Å². The molecule has 0 aliphatic carbocycles. The lowest BCUT2D eigenvalue weighted by molar-refractivity contribution is -0.118. The van der Waals surface area contributed by atoms with Crippen LogP contribution in [0.2, 0.25) is 10.0 Å². The Kier molecular flexibility index (Phi) is 6.24. The number of nitrogens with zero attached hydrogens (tertiary/aromatic N) is 4. The Balaban J connectivity index is 2.07. The fraction of sp³-hybridized carbons (Fsp3) is 0.333. The fourth-order valence-corrected chi connectivity index (χ4v) is 3.90. The molecule has 2 heterocycles. The highest BCUT2D eigenvalue weighted by molar-refractivity contribution is 8.14. The number of benzene rings is 1. The second-order valence-corrected chi connectivity index (χ2v) is 7.77. The van der Waals surface area contributed by atoms with Crippen molar-refractivity contribution < 1.29 is 9.59 Å². The van der Waals surface area contributed by atoms with Crippen LogP contribution in [0.1, 0.15) is 49.9 Å². The van der Waals surface area contributed by atoms with Crippen molar-refractivity contribution in [1.29, 1.82) is 0 Å². The molecule has 0 saturated carbocycles. The first-order chi connectivity index (χ1) is 13.0. The molecular weight excluding hydrogens is 407 g/mol. The highest BCUT2D eigenvalue weighted by Crippen LogP contribution is 2.38. The first-order valence-corrected chi connectivity index (χ1v) is 10.2. The summed E-state index contributed by atoms with van der Waals surface area (Å²) in [5, 5.41) is 7.72. The van der Waals surface area contributed by atoms with Crippen molar-refractivity contribution in [3.8, 4) is 0 Å². The summed E-state index contributed by atoms with van der Waals surface area (Å²) >= 11 is 13.4. The number of hydrogen-bond donors (Lipinski definition) is 0. The molecule has 0 fully saturated rings. The number of thioether (sulfide) groups is 1. The molecule has 0 spiro atoms. The van der Waals surface area contributed by atoms with Gasteiger partial charge in [0.1, 0.15) is 16.4 Å². The molecule has 1 aromatic heterocycles. The van der Waals surface area contributed by atoms with E-state index in [1.807, 2.05) is 13.8 Å². The molecule has 0 atom stereocenters. The van der Waals surface area contributed by atoms with Crippen molar-refractivity contribution in [1.82, 2.24) is 9.55 Å². The number of aromatic nitrogens is 2. The molecule has 0 saturated heterocycles. The topological polar surface area (TPSA) is 67.6 Å². The minimum absolute atomic E-state index is 0.0722. The van der Waals surface area contributed by atoms with Crippen molar-refractivity contribution >= 4 is 57.6 Å². The van der Waals surface area contributed by atoms with Crippen LogP contribution in [0.5, 0.6) is 0 Å². The third-order valence-corrected chi connectivity index (χ3v) is 5.71. The lowest BCUT2D eigenvalue weighted by Crippen LogP contribution is -2.30. The summed E-state index contributed by atoms with van der Waals surface area (Å²) in [6.45, 7) is 3.86. The van der Waals surface area contributed by atoms with Crippen LogP contribution >= 0.6 is 35.0 Å². The number of hydrazone groups is 1. The maximum atomic E-state index is 12.6. The van der Waals surface area contributed by atoms with Gasteiger partial charge in [0.25, 0.3) is 0 Å². The normalized spacial score (nSPS) is 13.3. The Morgan fingerprint density at radius 3 is 2.44 bits per heavy atom. The van der Waals surface area contributed by atoms with Gasteiger partial charge in [-0.3, -0.25) is 14.2 Å². The lowest BCUT2D eigenvalue weighted by Gasteiger charge is -2.23. The van der Waals surface area contributed by atoms with Gasteiger partial charge in [0.05, 0.1) is 10.0 Å². The summed E-state index contributed by atoms with van der Waals surface area (Å²) in [7, 11) is 0. The third kappa shape index (κ3) is 4.05. The van der Waals surface area contributed by atoms with Crippen molar-refractivity contribution in [2.45, 2.75) is 44.6 Å². The zero-order valence-electron chi connectivity index (χ0n) is 14.9. The van der Waals surface area contributed by atoms with Gasteiger partial charge in [0.2, 0.25) is 11.8 Å². The number of carbonyl (C=O) groups is 2. The number of fused-ring (bicyclic) bond motifs is 1. The van der Waals surface area contributed by atoms with Gasteiger partial charge in [-0.2, -0.15) is 10.1 Å². The number of amides is 1. The quantitative estimate of drug-likeness (QED) is 0.658. The summed E-state index contributed by atoms with van der Waals surface area (Å²) in [5.74, 6) is 0.133. The summed E-state index contributed by atoms with van der Waals surface area (Å²) in [5.41, 5.74) is 0.713. The smallest absolute Gasteiger partial charge is 0.248 e. The molecule has 3 rings (SSSR count). The second-order valence-electron chi connectivity index (χ2n) is 5.98. The molecule has 2 aromatic rings. The van der Waals surface area contributed by atoms with Gasteiger partial charge in [-0.1, -0.05) is 43.1 Å². The predicted octanol–water partition coefficient (Wildman–Crippen LogP) is 5.23.